The number of carbonyl (C=O) groups excluding carboxylic acids is 1. The molecule has 0 saturated heterocycles. The molecule has 25 heavy (non-hydrogen) atoms. The Labute approximate surface area is 146 Å². The van der Waals surface area contributed by atoms with Crippen LogP contribution in [0.15, 0.2) is 54.2 Å². The number of benzene rings is 2. The van der Waals surface area contributed by atoms with Gasteiger partial charge in [-0.25, -0.2) is 0 Å². The van der Waals surface area contributed by atoms with Gasteiger partial charge in [-0.05, 0) is 37.1 Å². The van der Waals surface area contributed by atoms with Crippen molar-refractivity contribution in [1.82, 2.24) is 4.98 Å². The molecule has 2 N–H and O–H groups in total. The molecule has 0 unspecified atom stereocenters. The van der Waals surface area contributed by atoms with Crippen molar-refractivity contribution in [3.8, 4) is 6.07 Å². The molecule has 1 heterocycles. The first-order chi connectivity index (χ1) is 12.1. The zero-order valence-electron chi connectivity index (χ0n) is 14.3. The fourth-order valence-electron chi connectivity index (χ4n) is 2.79. The number of para-hydroxylation sites is 1. The van der Waals surface area contributed by atoms with E-state index in [2.05, 4.69) is 23.3 Å². The number of hydrogen-bond donors (Lipinski definition) is 2. The Kier molecular flexibility index (Phi) is 4.67. The van der Waals surface area contributed by atoms with E-state index in [0.717, 1.165) is 28.5 Å². The summed E-state index contributed by atoms with van der Waals surface area (Å²) in [6, 6.07) is 15.5. The van der Waals surface area contributed by atoms with Crippen LogP contribution in [-0.4, -0.2) is 10.9 Å². The highest BCUT2D eigenvalue weighted by molar-refractivity contribution is 6.10. The number of nitriles is 1. The Balaban J connectivity index is 1.91. The molecule has 0 fully saturated rings. The minimum atomic E-state index is -0.410. The summed E-state index contributed by atoms with van der Waals surface area (Å²) in [5.41, 5.74) is 4.94. The Bertz CT molecular complexity index is 988. The van der Waals surface area contributed by atoms with Gasteiger partial charge in [-0.2, -0.15) is 5.26 Å². The topological polar surface area (TPSA) is 68.7 Å². The van der Waals surface area contributed by atoms with Crippen molar-refractivity contribution in [3.63, 3.8) is 0 Å². The second-order valence-electron chi connectivity index (χ2n) is 5.93. The van der Waals surface area contributed by atoms with E-state index < -0.39 is 5.91 Å². The van der Waals surface area contributed by atoms with Gasteiger partial charge in [0.1, 0.15) is 11.6 Å². The first-order valence-electron chi connectivity index (χ1n) is 8.21. The number of amides is 1. The third-order valence-electron chi connectivity index (χ3n) is 4.19. The highest BCUT2D eigenvalue weighted by Crippen LogP contribution is 2.24. The molecule has 0 aliphatic carbocycles. The van der Waals surface area contributed by atoms with Crippen molar-refractivity contribution in [2.24, 2.45) is 0 Å². The van der Waals surface area contributed by atoms with Crippen molar-refractivity contribution >= 4 is 28.6 Å². The lowest BCUT2D eigenvalue weighted by atomic mass is 10.1. The maximum absolute atomic E-state index is 12.4. The number of nitrogens with one attached hydrogen (secondary N) is 2. The number of fused-ring (bicyclic) bond motifs is 1. The molecule has 0 radical (unpaired) electrons. The van der Waals surface area contributed by atoms with Crippen LogP contribution in [-0.2, 0) is 11.2 Å². The summed E-state index contributed by atoms with van der Waals surface area (Å²) in [5, 5.41) is 13.2. The molecule has 1 aromatic heterocycles. The maximum Gasteiger partial charge on any atom is 0.266 e. The molecule has 3 rings (SSSR count). The van der Waals surface area contributed by atoms with E-state index in [-0.39, 0.29) is 5.57 Å². The van der Waals surface area contributed by atoms with E-state index in [1.165, 1.54) is 5.56 Å². The SMILES string of the molecule is CCc1cccc2c(/C=C(\C#N)C(=O)Nc3ccc(C)cc3)c[nH]c12. The highest BCUT2D eigenvalue weighted by Gasteiger charge is 2.12. The fraction of sp³-hybridized carbons (Fsp3) is 0.143. The van der Waals surface area contributed by atoms with Gasteiger partial charge in [0.15, 0.2) is 0 Å². The number of aromatic nitrogens is 1. The van der Waals surface area contributed by atoms with E-state index in [0.29, 0.717) is 5.69 Å². The average molecular weight is 329 g/mol. The number of rotatable bonds is 4. The summed E-state index contributed by atoms with van der Waals surface area (Å²) in [6.07, 6.45) is 4.38. The van der Waals surface area contributed by atoms with Crippen molar-refractivity contribution in [2.75, 3.05) is 5.32 Å². The minimum Gasteiger partial charge on any atom is -0.360 e. The van der Waals surface area contributed by atoms with Crippen LogP contribution >= 0.6 is 0 Å². The maximum atomic E-state index is 12.4. The zero-order valence-corrected chi connectivity index (χ0v) is 14.3. The molecule has 0 spiro atoms. The predicted octanol–water partition coefficient (Wildman–Crippen LogP) is 4.58. The second-order valence-corrected chi connectivity index (χ2v) is 5.93. The highest BCUT2D eigenvalue weighted by atomic mass is 16.1. The predicted molar refractivity (Wildman–Crippen MR) is 101 cm³/mol. The second kappa shape index (κ2) is 7.06. The average Bonchev–Trinajstić information content (AvgIpc) is 3.04. The van der Waals surface area contributed by atoms with Gasteiger partial charge in [0.25, 0.3) is 5.91 Å². The first kappa shape index (κ1) is 16.5. The van der Waals surface area contributed by atoms with Crippen molar-refractivity contribution in [3.05, 3.63) is 70.9 Å². The first-order valence-corrected chi connectivity index (χ1v) is 8.21. The quantitative estimate of drug-likeness (QED) is 0.543. The van der Waals surface area contributed by atoms with Gasteiger partial charge in [-0.3, -0.25) is 4.79 Å². The lowest BCUT2D eigenvalue weighted by Gasteiger charge is -2.04. The number of aromatic amines is 1. The van der Waals surface area contributed by atoms with Crippen LogP contribution in [0.5, 0.6) is 0 Å². The summed E-state index contributed by atoms with van der Waals surface area (Å²) in [5.74, 6) is -0.410. The van der Waals surface area contributed by atoms with E-state index in [1.807, 2.05) is 55.6 Å². The summed E-state index contributed by atoms with van der Waals surface area (Å²) >= 11 is 0. The van der Waals surface area contributed by atoms with Gasteiger partial charge in [-0.15, -0.1) is 0 Å². The summed E-state index contributed by atoms with van der Waals surface area (Å²) < 4.78 is 0. The smallest absolute Gasteiger partial charge is 0.266 e. The van der Waals surface area contributed by atoms with Crippen molar-refractivity contribution < 1.29 is 4.79 Å². The molecule has 0 saturated carbocycles. The number of aryl methyl sites for hydroxylation is 2. The third-order valence-corrected chi connectivity index (χ3v) is 4.19. The lowest BCUT2D eigenvalue weighted by molar-refractivity contribution is -0.112. The van der Waals surface area contributed by atoms with Gasteiger partial charge in [0, 0.05) is 28.4 Å². The van der Waals surface area contributed by atoms with Gasteiger partial charge >= 0.3 is 0 Å². The Morgan fingerprint density at radius 3 is 2.68 bits per heavy atom. The number of nitrogens with zero attached hydrogens (tertiary/aromatic N) is 1. The van der Waals surface area contributed by atoms with Crippen LogP contribution in [0.1, 0.15) is 23.6 Å². The molecule has 124 valence electrons. The molecule has 3 aromatic rings. The molecule has 2 aromatic carbocycles. The van der Waals surface area contributed by atoms with Crippen LogP contribution in [0.3, 0.4) is 0 Å². The molecular formula is C21H19N3O. The zero-order chi connectivity index (χ0) is 17.8. The van der Waals surface area contributed by atoms with E-state index in [9.17, 15) is 10.1 Å². The fourth-order valence-corrected chi connectivity index (χ4v) is 2.79. The molecule has 0 bridgehead atoms. The summed E-state index contributed by atoms with van der Waals surface area (Å²) in [4.78, 5) is 15.6. The van der Waals surface area contributed by atoms with E-state index in [4.69, 9.17) is 0 Å². The summed E-state index contributed by atoms with van der Waals surface area (Å²) in [7, 11) is 0. The van der Waals surface area contributed by atoms with E-state index in [1.54, 1.807) is 6.08 Å². The standard InChI is InChI=1S/C21H19N3O/c1-3-15-5-4-6-19-17(13-23-20(15)19)11-16(12-22)21(25)24-18-9-7-14(2)8-10-18/h4-11,13,23H,3H2,1-2H3,(H,24,25)/b16-11+. The van der Waals surface area contributed by atoms with Gasteiger partial charge < -0.3 is 10.3 Å². The number of H-pyrrole nitrogens is 1. The number of hydrogen-bond acceptors (Lipinski definition) is 2. The van der Waals surface area contributed by atoms with Crippen molar-refractivity contribution in [1.29, 1.82) is 5.26 Å². The van der Waals surface area contributed by atoms with Crippen LogP contribution in [0.25, 0.3) is 17.0 Å². The van der Waals surface area contributed by atoms with Gasteiger partial charge in [-0.1, -0.05) is 42.8 Å². The lowest BCUT2D eigenvalue weighted by Crippen LogP contribution is -2.13. The van der Waals surface area contributed by atoms with Crippen LogP contribution in [0.4, 0.5) is 5.69 Å². The van der Waals surface area contributed by atoms with E-state index >= 15 is 0 Å². The molecule has 0 aliphatic rings. The molecule has 0 aliphatic heterocycles. The minimum absolute atomic E-state index is 0.0726. The van der Waals surface area contributed by atoms with Crippen molar-refractivity contribution in [2.45, 2.75) is 20.3 Å². The normalized spacial score (nSPS) is 11.3. The molecule has 0 atom stereocenters. The summed E-state index contributed by atoms with van der Waals surface area (Å²) in [6.45, 7) is 4.08. The molecule has 1 amide bonds. The Morgan fingerprint density at radius 2 is 2.00 bits per heavy atom. The van der Waals surface area contributed by atoms with Gasteiger partial charge in [0.05, 0.1) is 0 Å². The van der Waals surface area contributed by atoms with Crippen LogP contribution < -0.4 is 5.32 Å². The Hall–Kier alpha value is -3.32. The monoisotopic (exact) mass is 329 g/mol. The molecule has 4 heteroatoms. The largest absolute Gasteiger partial charge is 0.360 e. The Morgan fingerprint density at radius 1 is 1.24 bits per heavy atom. The molecule has 4 nitrogen and oxygen atoms in total. The third kappa shape index (κ3) is 3.46. The molecular weight excluding hydrogens is 310 g/mol. The van der Waals surface area contributed by atoms with Crippen LogP contribution in [0, 0.1) is 18.3 Å². The number of carbonyl (C=O) groups is 1. The van der Waals surface area contributed by atoms with Crippen LogP contribution in [0.2, 0.25) is 0 Å². The van der Waals surface area contributed by atoms with Gasteiger partial charge in [0.2, 0.25) is 0 Å². The number of anilines is 1.